The summed E-state index contributed by atoms with van der Waals surface area (Å²) in [6.07, 6.45) is 8.39. The van der Waals surface area contributed by atoms with E-state index in [4.69, 9.17) is 5.11 Å². The van der Waals surface area contributed by atoms with Gasteiger partial charge in [0.15, 0.2) is 0 Å². The van der Waals surface area contributed by atoms with E-state index in [2.05, 4.69) is 5.32 Å². The number of hydrogen-bond donors (Lipinski definition) is 2. The monoisotopic (exact) mass is 229 g/mol. The highest BCUT2D eigenvalue weighted by molar-refractivity contribution is 7.98. The Kier molecular flexibility index (Phi) is 5.79. The molecule has 0 spiro atoms. The van der Waals surface area contributed by atoms with Gasteiger partial charge in [-0.15, -0.1) is 0 Å². The van der Waals surface area contributed by atoms with E-state index in [0.717, 1.165) is 18.6 Å². The van der Waals surface area contributed by atoms with Gasteiger partial charge in [0.25, 0.3) is 0 Å². The topological polar surface area (TPSA) is 49.3 Å². The van der Waals surface area contributed by atoms with Crippen LogP contribution in [0, 0.1) is 5.92 Å². The third-order valence-corrected chi connectivity index (χ3v) is 3.20. The van der Waals surface area contributed by atoms with Crippen LogP contribution in [0.1, 0.15) is 19.3 Å². The maximum absolute atomic E-state index is 11.5. The van der Waals surface area contributed by atoms with E-state index in [-0.39, 0.29) is 24.5 Å². The van der Waals surface area contributed by atoms with Crippen molar-refractivity contribution in [3.63, 3.8) is 0 Å². The van der Waals surface area contributed by atoms with E-state index in [1.54, 1.807) is 11.8 Å². The quantitative estimate of drug-likeness (QED) is 0.531. The average Bonchev–Trinajstić information content (AvgIpc) is 2.66. The summed E-state index contributed by atoms with van der Waals surface area (Å²) in [5.41, 5.74) is 0. The Bertz CT molecular complexity index is 231. The van der Waals surface area contributed by atoms with Crippen LogP contribution >= 0.6 is 11.8 Å². The molecule has 0 radical (unpaired) electrons. The van der Waals surface area contributed by atoms with Crippen molar-refractivity contribution in [2.75, 3.05) is 18.6 Å². The van der Waals surface area contributed by atoms with Crippen molar-refractivity contribution in [3.05, 3.63) is 12.2 Å². The van der Waals surface area contributed by atoms with Gasteiger partial charge in [-0.1, -0.05) is 12.2 Å². The summed E-state index contributed by atoms with van der Waals surface area (Å²) in [5.74, 6) is 1.38. The van der Waals surface area contributed by atoms with Gasteiger partial charge in [0.2, 0.25) is 5.91 Å². The van der Waals surface area contributed by atoms with Crippen LogP contribution in [0.5, 0.6) is 0 Å². The van der Waals surface area contributed by atoms with Gasteiger partial charge >= 0.3 is 0 Å². The Morgan fingerprint density at radius 3 is 3.00 bits per heavy atom. The third kappa shape index (κ3) is 4.71. The number of hydrogen-bond acceptors (Lipinski definition) is 3. The second kappa shape index (κ2) is 6.90. The highest BCUT2D eigenvalue weighted by Crippen LogP contribution is 2.17. The summed E-state index contributed by atoms with van der Waals surface area (Å²) < 4.78 is 0. The Morgan fingerprint density at radius 2 is 2.40 bits per heavy atom. The number of rotatable bonds is 6. The molecule has 0 aromatic rings. The molecule has 1 amide bonds. The van der Waals surface area contributed by atoms with Gasteiger partial charge < -0.3 is 10.4 Å². The lowest BCUT2D eigenvalue weighted by molar-refractivity contribution is -0.121. The van der Waals surface area contributed by atoms with Crippen LogP contribution in [0.2, 0.25) is 0 Å². The summed E-state index contributed by atoms with van der Waals surface area (Å²) >= 11 is 1.76. The van der Waals surface area contributed by atoms with E-state index >= 15 is 0 Å². The molecule has 0 bridgehead atoms. The first-order valence-electron chi connectivity index (χ1n) is 5.33. The maximum atomic E-state index is 11.5. The Morgan fingerprint density at radius 1 is 1.60 bits per heavy atom. The maximum Gasteiger partial charge on any atom is 0.220 e. The molecule has 86 valence electrons. The van der Waals surface area contributed by atoms with Crippen molar-refractivity contribution in [3.8, 4) is 0 Å². The highest BCUT2D eigenvalue weighted by Gasteiger charge is 2.19. The molecule has 0 aromatic heterocycles. The summed E-state index contributed by atoms with van der Waals surface area (Å²) in [4.78, 5) is 11.5. The summed E-state index contributed by atoms with van der Waals surface area (Å²) in [6.45, 7) is 0.176. The van der Waals surface area contributed by atoms with Crippen molar-refractivity contribution >= 4 is 17.7 Å². The number of carbonyl (C=O) groups is 1. The lowest BCUT2D eigenvalue weighted by Crippen LogP contribution is -2.32. The third-order valence-electron chi connectivity index (χ3n) is 2.51. The first-order chi connectivity index (χ1) is 7.26. The zero-order chi connectivity index (χ0) is 11.1. The zero-order valence-corrected chi connectivity index (χ0v) is 9.93. The minimum atomic E-state index is 0.122. The van der Waals surface area contributed by atoms with Crippen LogP contribution in [-0.2, 0) is 4.79 Å². The molecule has 0 aliphatic heterocycles. The van der Waals surface area contributed by atoms with E-state index in [1.807, 2.05) is 18.4 Å². The van der Waals surface area contributed by atoms with Gasteiger partial charge in [-0.2, -0.15) is 11.8 Å². The van der Waals surface area contributed by atoms with Crippen LogP contribution < -0.4 is 5.32 Å². The van der Waals surface area contributed by atoms with Crippen LogP contribution in [0.15, 0.2) is 12.2 Å². The fourth-order valence-electron chi connectivity index (χ4n) is 1.67. The first-order valence-corrected chi connectivity index (χ1v) is 6.73. The lowest BCUT2D eigenvalue weighted by Gasteiger charge is -2.12. The predicted octanol–water partition coefficient (Wildman–Crippen LogP) is 1.18. The lowest BCUT2D eigenvalue weighted by atomic mass is 10.1. The molecule has 1 aliphatic carbocycles. The zero-order valence-electron chi connectivity index (χ0n) is 9.11. The van der Waals surface area contributed by atoms with E-state index in [1.165, 1.54) is 0 Å². The van der Waals surface area contributed by atoms with Crippen molar-refractivity contribution in [1.82, 2.24) is 5.32 Å². The fourth-order valence-corrected chi connectivity index (χ4v) is 2.11. The molecule has 15 heavy (non-hydrogen) atoms. The van der Waals surface area contributed by atoms with Crippen LogP contribution in [0.3, 0.4) is 0 Å². The highest BCUT2D eigenvalue weighted by atomic mass is 32.2. The van der Waals surface area contributed by atoms with Gasteiger partial charge in [0.05, 0.1) is 0 Å². The van der Waals surface area contributed by atoms with Crippen LogP contribution in [0.25, 0.3) is 0 Å². The second-order valence-corrected chi connectivity index (χ2v) is 4.82. The number of aliphatic hydroxyl groups is 1. The SMILES string of the molecule is CSCCCC(=O)N[C@@H]1C=C[C@H](CO)C1. The summed E-state index contributed by atoms with van der Waals surface area (Å²) in [5, 5.41) is 11.9. The van der Waals surface area contributed by atoms with E-state index in [0.29, 0.717) is 6.42 Å². The smallest absolute Gasteiger partial charge is 0.220 e. The van der Waals surface area contributed by atoms with E-state index in [9.17, 15) is 4.79 Å². The minimum Gasteiger partial charge on any atom is -0.396 e. The molecular weight excluding hydrogens is 210 g/mol. The predicted molar refractivity (Wildman–Crippen MR) is 63.9 cm³/mol. The molecule has 0 saturated heterocycles. The Labute approximate surface area is 95.3 Å². The minimum absolute atomic E-state index is 0.122. The van der Waals surface area contributed by atoms with Crippen LogP contribution in [-0.4, -0.2) is 35.7 Å². The average molecular weight is 229 g/mol. The first kappa shape index (κ1) is 12.6. The summed E-state index contributed by atoms with van der Waals surface area (Å²) in [7, 11) is 0. The van der Waals surface area contributed by atoms with Gasteiger partial charge in [-0.25, -0.2) is 0 Å². The molecule has 0 saturated carbocycles. The Hall–Kier alpha value is -0.480. The largest absolute Gasteiger partial charge is 0.396 e. The second-order valence-electron chi connectivity index (χ2n) is 3.83. The summed E-state index contributed by atoms with van der Waals surface area (Å²) in [6, 6.07) is 0.129. The molecule has 3 nitrogen and oxygen atoms in total. The number of aliphatic hydroxyl groups excluding tert-OH is 1. The normalized spacial score (nSPS) is 24.4. The van der Waals surface area contributed by atoms with Gasteiger partial charge in [-0.05, 0) is 24.9 Å². The van der Waals surface area contributed by atoms with Gasteiger partial charge in [-0.3, -0.25) is 4.79 Å². The molecule has 2 atom stereocenters. The van der Waals surface area contributed by atoms with Crippen molar-refractivity contribution in [2.24, 2.45) is 5.92 Å². The number of amides is 1. The van der Waals surface area contributed by atoms with Crippen molar-refractivity contribution in [2.45, 2.75) is 25.3 Å². The number of nitrogens with one attached hydrogen (secondary N) is 1. The Balaban J connectivity index is 2.14. The van der Waals surface area contributed by atoms with Crippen molar-refractivity contribution < 1.29 is 9.90 Å². The molecule has 0 heterocycles. The molecule has 1 aliphatic rings. The van der Waals surface area contributed by atoms with Gasteiger partial charge in [0.1, 0.15) is 0 Å². The molecule has 0 aromatic carbocycles. The standard InChI is InChI=1S/C11H19NO2S/c1-15-6-2-3-11(14)12-10-5-4-9(7-10)8-13/h4-5,9-10,13H,2-3,6-8H2,1H3,(H,12,14)/t9-,10+/m0/s1. The molecule has 1 rings (SSSR count). The molecule has 0 unspecified atom stereocenters. The molecule has 4 heteroatoms. The number of thioether (sulfide) groups is 1. The van der Waals surface area contributed by atoms with Crippen LogP contribution in [0.4, 0.5) is 0 Å². The van der Waals surface area contributed by atoms with E-state index < -0.39 is 0 Å². The van der Waals surface area contributed by atoms with Gasteiger partial charge in [0, 0.05) is 25.0 Å². The molecule has 0 fully saturated rings. The number of carbonyl (C=O) groups excluding carboxylic acids is 1. The van der Waals surface area contributed by atoms with Crippen molar-refractivity contribution in [1.29, 1.82) is 0 Å². The molecule has 2 N–H and O–H groups in total. The molecular formula is C11H19NO2S. The fraction of sp³-hybridized carbons (Fsp3) is 0.727.